The zero-order valence-electron chi connectivity index (χ0n) is 9.17. The molecule has 1 aromatic carbocycles. The van der Waals surface area contributed by atoms with Gasteiger partial charge in [-0.1, -0.05) is 0 Å². The molecule has 92 valence electrons. The number of H-pyrrole nitrogens is 1. The SMILES string of the molecule is COc1ccc(C(=O)c2ccc[nH]2)cc1.Cl.Cl. The molecule has 1 N–H and O–H groups in total. The lowest BCUT2D eigenvalue weighted by Crippen LogP contribution is -2.01. The summed E-state index contributed by atoms with van der Waals surface area (Å²) in [6.45, 7) is 0. The van der Waals surface area contributed by atoms with Gasteiger partial charge in [0.25, 0.3) is 0 Å². The molecule has 0 radical (unpaired) electrons. The van der Waals surface area contributed by atoms with Crippen molar-refractivity contribution in [2.75, 3.05) is 7.11 Å². The topological polar surface area (TPSA) is 42.1 Å². The number of ketones is 1. The van der Waals surface area contributed by atoms with Crippen molar-refractivity contribution in [3.05, 3.63) is 53.9 Å². The summed E-state index contributed by atoms with van der Waals surface area (Å²) >= 11 is 0. The summed E-state index contributed by atoms with van der Waals surface area (Å²) in [5, 5.41) is 0. The third-order valence-electron chi connectivity index (χ3n) is 2.19. The summed E-state index contributed by atoms with van der Waals surface area (Å²) in [5.74, 6) is 0.737. The van der Waals surface area contributed by atoms with Crippen molar-refractivity contribution in [2.45, 2.75) is 0 Å². The van der Waals surface area contributed by atoms with E-state index in [4.69, 9.17) is 4.74 Å². The predicted octanol–water partition coefficient (Wildman–Crippen LogP) is 3.10. The number of carbonyl (C=O) groups excluding carboxylic acids is 1. The molecule has 2 aromatic rings. The average molecular weight is 274 g/mol. The molecule has 0 aliphatic heterocycles. The number of ether oxygens (including phenoxy) is 1. The molecule has 0 spiro atoms. The van der Waals surface area contributed by atoms with E-state index >= 15 is 0 Å². The number of hydrogen-bond acceptors (Lipinski definition) is 2. The zero-order valence-corrected chi connectivity index (χ0v) is 10.8. The van der Waals surface area contributed by atoms with Gasteiger partial charge in [0.1, 0.15) is 5.75 Å². The fourth-order valence-electron chi connectivity index (χ4n) is 1.37. The van der Waals surface area contributed by atoms with Crippen LogP contribution in [0.5, 0.6) is 5.75 Å². The standard InChI is InChI=1S/C12H11NO2.2ClH/c1-15-10-6-4-9(5-7-10)12(14)11-3-2-8-13-11;;/h2-8,13H,1H3;2*1H. The highest BCUT2D eigenvalue weighted by Gasteiger charge is 2.08. The molecule has 0 amide bonds. The van der Waals surface area contributed by atoms with Gasteiger partial charge in [0.05, 0.1) is 12.8 Å². The summed E-state index contributed by atoms with van der Waals surface area (Å²) in [5.41, 5.74) is 1.25. The first-order valence-electron chi connectivity index (χ1n) is 4.63. The maximum absolute atomic E-state index is 11.8. The normalized spacial score (nSPS) is 8.76. The van der Waals surface area contributed by atoms with Crippen LogP contribution in [0.1, 0.15) is 16.1 Å². The lowest BCUT2D eigenvalue weighted by molar-refractivity contribution is 0.103. The Bertz CT molecular complexity index is 452. The Kier molecular flexibility index (Phi) is 6.39. The minimum absolute atomic E-state index is 0. The molecule has 3 nitrogen and oxygen atoms in total. The molecule has 1 aromatic heterocycles. The van der Waals surface area contributed by atoms with E-state index in [0.717, 1.165) is 5.75 Å². The number of nitrogens with one attached hydrogen (secondary N) is 1. The number of hydrogen-bond donors (Lipinski definition) is 1. The van der Waals surface area contributed by atoms with Crippen molar-refractivity contribution in [3.63, 3.8) is 0 Å². The van der Waals surface area contributed by atoms with Gasteiger partial charge in [-0.15, -0.1) is 24.8 Å². The number of halogens is 2. The van der Waals surface area contributed by atoms with E-state index in [-0.39, 0.29) is 30.6 Å². The Morgan fingerprint density at radius 3 is 2.24 bits per heavy atom. The molecular formula is C12H13Cl2NO2. The molecule has 2 rings (SSSR count). The lowest BCUT2D eigenvalue weighted by Gasteiger charge is -2.01. The van der Waals surface area contributed by atoms with Crippen LogP contribution in [0.4, 0.5) is 0 Å². The van der Waals surface area contributed by atoms with E-state index in [1.54, 1.807) is 49.7 Å². The highest BCUT2D eigenvalue weighted by atomic mass is 35.5. The number of benzene rings is 1. The molecule has 0 unspecified atom stereocenters. The van der Waals surface area contributed by atoms with Crippen LogP contribution in [0, 0.1) is 0 Å². The van der Waals surface area contributed by atoms with Gasteiger partial charge in [-0.3, -0.25) is 4.79 Å². The predicted molar refractivity (Wildman–Crippen MR) is 71.7 cm³/mol. The van der Waals surface area contributed by atoms with Gasteiger partial charge in [-0.25, -0.2) is 0 Å². The monoisotopic (exact) mass is 273 g/mol. The molecule has 0 aliphatic carbocycles. The van der Waals surface area contributed by atoms with Crippen LogP contribution in [0.3, 0.4) is 0 Å². The first-order chi connectivity index (χ1) is 7.31. The number of methoxy groups -OCH3 is 1. The van der Waals surface area contributed by atoms with Crippen molar-refractivity contribution < 1.29 is 9.53 Å². The Morgan fingerprint density at radius 1 is 1.12 bits per heavy atom. The Balaban J connectivity index is 0.00000128. The lowest BCUT2D eigenvalue weighted by atomic mass is 10.1. The summed E-state index contributed by atoms with van der Waals surface area (Å²) in [6.07, 6.45) is 1.73. The molecule has 0 saturated heterocycles. The van der Waals surface area contributed by atoms with Gasteiger partial charge in [0, 0.05) is 11.8 Å². The van der Waals surface area contributed by atoms with Crippen LogP contribution < -0.4 is 4.74 Å². The van der Waals surface area contributed by atoms with Gasteiger partial charge in [0.2, 0.25) is 5.78 Å². The van der Waals surface area contributed by atoms with Crippen LogP contribution in [-0.4, -0.2) is 17.9 Å². The molecule has 1 heterocycles. The largest absolute Gasteiger partial charge is 0.497 e. The molecule has 5 heteroatoms. The van der Waals surface area contributed by atoms with E-state index in [9.17, 15) is 4.79 Å². The van der Waals surface area contributed by atoms with E-state index < -0.39 is 0 Å². The van der Waals surface area contributed by atoms with Crippen LogP contribution in [0.15, 0.2) is 42.6 Å². The molecule has 0 aliphatic rings. The van der Waals surface area contributed by atoms with E-state index in [1.807, 2.05) is 0 Å². The Labute approximate surface area is 112 Å². The van der Waals surface area contributed by atoms with Crippen molar-refractivity contribution >= 4 is 30.6 Å². The molecule has 0 bridgehead atoms. The van der Waals surface area contributed by atoms with Crippen LogP contribution in [-0.2, 0) is 0 Å². The number of aromatic amines is 1. The molecule has 0 atom stereocenters. The fraction of sp³-hybridized carbons (Fsp3) is 0.0833. The van der Waals surface area contributed by atoms with Crippen LogP contribution >= 0.6 is 24.8 Å². The zero-order chi connectivity index (χ0) is 10.7. The van der Waals surface area contributed by atoms with Crippen LogP contribution in [0.25, 0.3) is 0 Å². The second-order valence-corrected chi connectivity index (χ2v) is 3.14. The van der Waals surface area contributed by atoms with E-state index in [1.165, 1.54) is 0 Å². The van der Waals surface area contributed by atoms with Gasteiger partial charge in [0.15, 0.2) is 0 Å². The number of carbonyl (C=O) groups is 1. The van der Waals surface area contributed by atoms with Crippen molar-refractivity contribution in [1.29, 1.82) is 0 Å². The highest BCUT2D eigenvalue weighted by molar-refractivity contribution is 6.07. The summed E-state index contributed by atoms with van der Waals surface area (Å²) in [7, 11) is 1.60. The molecule has 17 heavy (non-hydrogen) atoms. The van der Waals surface area contributed by atoms with Gasteiger partial charge in [-0.05, 0) is 36.4 Å². The summed E-state index contributed by atoms with van der Waals surface area (Å²) < 4.78 is 5.02. The summed E-state index contributed by atoms with van der Waals surface area (Å²) in [6, 6.07) is 10.6. The Morgan fingerprint density at radius 2 is 1.76 bits per heavy atom. The first-order valence-corrected chi connectivity index (χ1v) is 4.63. The average Bonchev–Trinajstić information content (AvgIpc) is 2.82. The first kappa shape index (κ1) is 15.6. The fourth-order valence-corrected chi connectivity index (χ4v) is 1.37. The third-order valence-corrected chi connectivity index (χ3v) is 2.19. The molecule has 0 saturated carbocycles. The second kappa shape index (κ2) is 6.99. The van der Waals surface area contributed by atoms with Gasteiger partial charge < -0.3 is 9.72 Å². The van der Waals surface area contributed by atoms with Crippen molar-refractivity contribution in [3.8, 4) is 5.75 Å². The smallest absolute Gasteiger partial charge is 0.209 e. The quantitative estimate of drug-likeness (QED) is 0.874. The second-order valence-electron chi connectivity index (χ2n) is 3.14. The van der Waals surface area contributed by atoms with Crippen LogP contribution in [0.2, 0.25) is 0 Å². The molecule has 0 fully saturated rings. The van der Waals surface area contributed by atoms with E-state index in [0.29, 0.717) is 11.3 Å². The van der Waals surface area contributed by atoms with Gasteiger partial charge in [-0.2, -0.15) is 0 Å². The van der Waals surface area contributed by atoms with Gasteiger partial charge >= 0.3 is 0 Å². The molecular weight excluding hydrogens is 261 g/mol. The maximum Gasteiger partial charge on any atom is 0.209 e. The minimum atomic E-state index is -0.0114. The maximum atomic E-state index is 11.8. The minimum Gasteiger partial charge on any atom is -0.497 e. The van der Waals surface area contributed by atoms with E-state index in [2.05, 4.69) is 4.98 Å². The highest BCUT2D eigenvalue weighted by Crippen LogP contribution is 2.13. The third kappa shape index (κ3) is 3.51. The Hall–Kier alpha value is -1.45. The van der Waals surface area contributed by atoms with Crippen molar-refractivity contribution in [1.82, 2.24) is 4.98 Å². The summed E-state index contributed by atoms with van der Waals surface area (Å²) in [4.78, 5) is 14.7. The van der Waals surface area contributed by atoms with Crippen molar-refractivity contribution in [2.24, 2.45) is 0 Å². The number of aromatic nitrogens is 1. The number of rotatable bonds is 3.